The van der Waals surface area contributed by atoms with Crippen LogP contribution in [0, 0.1) is 5.92 Å². The molecule has 0 aliphatic rings. The van der Waals surface area contributed by atoms with E-state index in [1.165, 1.54) is 12.4 Å². The van der Waals surface area contributed by atoms with Crippen LogP contribution in [0.3, 0.4) is 0 Å². The van der Waals surface area contributed by atoms with Crippen LogP contribution in [0.25, 0.3) is 0 Å². The minimum Gasteiger partial charge on any atom is -0.481 e. The Morgan fingerprint density at radius 1 is 1.79 bits per heavy atom. The van der Waals surface area contributed by atoms with Crippen molar-refractivity contribution in [1.29, 1.82) is 0 Å². The Kier molecular flexibility index (Phi) is 3.22. The van der Waals surface area contributed by atoms with E-state index in [2.05, 4.69) is 15.3 Å². The molecule has 0 aliphatic heterocycles. The van der Waals surface area contributed by atoms with Crippen LogP contribution in [-0.4, -0.2) is 27.6 Å². The zero-order valence-electron chi connectivity index (χ0n) is 7.65. The number of aromatic nitrogens is 2. The van der Waals surface area contributed by atoms with Crippen molar-refractivity contribution in [2.24, 2.45) is 5.92 Å². The highest BCUT2D eigenvalue weighted by Crippen LogP contribution is 1.99. The average Bonchev–Trinajstić information content (AvgIpc) is 2.14. The molecule has 0 saturated heterocycles. The van der Waals surface area contributed by atoms with E-state index in [1.807, 2.05) is 0 Å². The fraction of sp³-hybridized carbons (Fsp3) is 0.375. The van der Waals surface area contributed by atoms with Crippen molar-refractivity contribution in [2.45, 2.75) is 6.92 Å². The maximum Gasteiger partial charge on any atom is 0.308 e. The van der Waals surface area contributed by atoms with Gasteiger partial charge in [0.2, 0.25) is 0 Å². The number of rotatable bonds is 4. The van der Waals surface area contributed by atoms with Gasteiger partial charge in [0.1, 0.15) is 5.82 Å². The predicted molar refractivity (Wildman–Crippen MR) is 50.1 cm³/mol. The van der Waals surface area contributed by atoms with Crippen molar-refractivity contribution in [3.05, 3.63) is 22.7 Å². The Balaban J connectivity index is 2.54. The smallest absolute Gasteiger partial charge is 0.308 e. The number of aliphatic carboxylic acids is 1. The van der Waals surface area contributed by atoms with Crippen molar-refractivity contribution < 1.29 is 9.90 Å². The van der Waals surface area contributed by atoms with Gasteiger partial charge in [0, 0.05) is 12.6 Å². The fourth-order valence-corrected chi connectivity index (χ4v) is 0.810. The monoisotopic (exact) mass is 197 g/mol. The Labute approximate surface area is 80.0 Å². The number of H-pyrrole nitrogens is 1. The first-order valence-electron chi connectivity index (χ1n) is 4.11. The fourth-order valence-electron chi connectivity index (χ4n) is 0.810. The van der Waals surface area contributed by atoms with Gasteiger partial charge in [-0.1, -0.05) is 6.92 Å². The van der Waals surface area contributed by atoms with Crippen molar-refractivity contribution >= 4 is 11.8 Å². The van der Waals surface area contributed by atoms with Crippen LogP contribution >= 0.6 is 0 Å². The van der Waals surface area contributed by atoms with E-state index in [0.717, 1.165) is 0 Å². The SMILES string of the molecule is CC(CNc1cc(=O)[nH]cn1)C(=O)O. The Bertz CT molecular complexity index is 374. The minimum absolute atomic E-state index is 0.242. The number of anilines is 1. The third-order valence-corrected chi connectivity index (χ3v) is 1.69. The first kappa shape index (κ1) is 10.2. The molecule has 14 heavy (non-hydrogen) atoms. The normalized spacial score (nSPS) is 12.1. The summed E-state index contributed by atoms with van der Waals surface area (Å²) in [6.45, 7) is 1.81. The van der Waals surface area contributed by atoms with Gasteiger partial charge in [-0.3, -0.25) is 9.59 Å². The van der Waals surface area contributed by atoms with Crippen LogP contribution in [0.4, 0.5) is 5.82 Å². The molecule has 1 aromatic heterocycles. The summed E-state index contributed by atoms with van der Waals surface area (Å²) < 4.78 is 0. The second-order valence-corrected chi connectivity index (χ2v) is 2.92. The summed E-state index contributed by atoms with van der Waals surface area (Å²) >= 11 is 0. The van der Waals surface area contributed by atoms with E-state index in [1.54, 1.807) is 6.92 Å². The van der Waals surface area contributed by atoms with Gasteiger partial charge in [-0.05, 0) is 0 Å². The van der Waals surface area contributed by atoms with Crippen LogP contribution in [0.2, 0.25) is 0 Å². The Morgan fingerprint density at radius 3 is 3.07 bits per heavy atom. The van der Waals surface area contributed by atoms with Crippen LogP contribution < -0.4 is 10.9 Å². The standard InChI is InChI=1S/C8H11N3O3/c1-5(8(13)14)3-9-6-2-7(12)11-4-10-6/h2,4-5H,3H2,1H3,(H,13,14)(H2,9,10,11,12). The number of carboxylic acid groups (broad SMARTS) is 1. The minimum atomic E-state index is -0.887. The van der Waals surface area contributed by atoms with Gasteiger partial charge in [-0.25, -0.2) is 4.98 Å². The van der Waals surface area contributed by atoms with Crippen molar-refractivity contribution in [3.63, 3.8) is 0 Å². The predicted octanol–water partition coefficient (Wildman–Crippen LogP) is -0.0975. The largest absolute Gasteiger partial charge is 0.481 e. The zero-order valence-corrected chi connectivity index (χ0v) is 7.65. The molecule has 6 heteroatoms. The molecular weight excluding hydrogens is 186 g/mol. The van der Waals surface area contributed by atoms with Gasteiger partial charge in [0.15, 0.2) is 0 Å². The molecule has 3 N–H and O–H groups in total. The summed E-state index contributed by atoms with van der Waals surface area (Å²) in [7, 11) is 0. The van der Waals surface area contributed by atoms with Gasteiger partial charge < -0.3 is 15.4 Å². The first-order valence-corrected chi connectivity index (χ1v) is 4.11. The maximum atomic E-state index is 10.8. The molecule has 1 unspecified atom stereocenters. The molecule has 1 heterocycles. The lowest BCUT2D eigenvalue weighted by molar-refractivity contribution is -0.140. The summed E-state index contributed by atoms with van der Waals surface area (Å²) in [5, 5.41) is 11.3. The quantitative estimate of drug-likeness (QED) is 0.626. The molecule has 6 nitrogen and oxygen atoms in total. The van der Waals surface area contributed by atoms with Gasteiger partial charge in [-0.2, -0.15) is 0 Å². The number of carbonyl (C=O) groups is 1. The molecule has 76 valence electrons. The molecular formula is C8H11N3O3. The summed E-state index contributed by atoms with van der Waals surface area (Å²) in [6, 6.07) is 1.27. The highest BCUT2D eigenvalue weighted by atomic mass is 16.4. The topological polar surface area (TPSA) is 95.1 Å². The van der Waals surface area contributed by atoms with E-state index < -0.39 is 11.9 Å². The van der Waals surface area contributed by atoms with Gasteiger partial charge in [0.25, 0.3) is 5.56 Å². The first-order chi connectivity index (χ1) is 6.59. The summed E-state index contributed by atoms with van der Waals surface area (Å²) in [5.41, 5.74) is -0.273. The lowest BCUT2D eigenvalue weighted by Crippen LogP contribution is -2.20. The highest BCUT2D eigenvalue weighted by molar-refractivity contribution is 5.70. The van der Waals surface area contributed by atoms with E-state index >= 15 is 0 Å². The lowest BCUT2D eigenvalue weighted by atomic mass is 10.2. The molecule has 0 saturated carbocycles. The number of hydrogen-bond donors (Lipinski definition) is 3. The van der Waals surface area contributed by atoms with Crippen LogP contribution in [0.15, 0.2) is 17.2 Å². The molecule has 1 aromatic rings. The molecule has 1 atom stereocenters. The molecule has 1 rings (SSSR count). The average molecular weight is 197 g/mol. The van der Waals surface area contributed by atoms with E-state index in [0.29, 0.717) is 5.82 Å². The molecule has 0 fully saturated rings. The Morgan fingerprint density at radius 2 is 2.50 bits per heavy atom. The summed E-state index contributed by atoms with van der Waals surface area (Å²) in [5.74, 6) is -1.03. The third kappa shape index (κ3) is 2.89. The number of hydrogen-bond acceptors (Lipinski definition) is 4. The Hall–Kier alpha value is -1.85. The van der Waals surface area contributed by atoms with Crippen molar-refractivity contribution in [1.82, 2.24) is 9.97 Å². The third-order valence-electron chi connectivity index (χ3n) is 1.69. The van der Waals surface area contributed by atoms with Gasteiger partial charge >= 0.3 is 5.97 Å². The van der Waals surface area contributed by atoms with Crippen LogP contribution in [-0.2, 0) is 4.79 Å². The lowest BCUT2D eigenvalue weighted by Gasteiger charge is -2.07. The highest BCUT2D eigenvalue weighted by Gasteiger charge is 2.09. The molecule has 0 amide bonds. The van der Waals surface area contributed by atoms with Gasteiger partial charge in [0.05, 0.1) is 12.2 Å². The summed E-state index contributed by atoms with van der Waals surface area (Å²) in [4.78, 5) is 27.4. The molecule has 0 aromatic carbocycles. The van der Waals surface area contributed by atoms with Gasteiger partial charge in [-0.15, -0.1) is 0 Å². The van der Waals surface area contributed by atoms with Crippen LogP contribution in [0.1, 0.15) is 6.92 Å². The van der Waals surface area contributed by atoms with E-state index in [9.17, 15) is 9.59 Å². The molecule has 0 radical (unpaired) electrons. The van der Waals surface area contributed by atoms with E-state index in [4.69, 9.17) is 5.11 Å². The number of aromatic amines is 1. The maximum absolute atomic E-state index is 10.8. The number of nitrogens with zero attached hydrogens (tertiary/aromatic N) is 1. The van der Waals surface area contributed by atoms with Crippen molar-refractivity contribution in [2.75, 3.05) is 11.9 Å². The molecule has 0 aliphatic carbocycles. The second kappa shape index (κ2) is 4.40. The van der Waals surface area contributed by atoms with Crippen molar-refractivity contribution in [3.8, 4) is 0 Å². The molecule has 0 bridgehead atoms. The zero-order chi connectivity index (χ0) is 10.6. The second-order valence-electron chi connectivity index (χ2n) is 2.92. The number of nitrogens with one attached hydrogen (secondary N) is 2. The van der Waals surface area contributed by atoms with Crippen LogP contribution in [0.5, 0.6) is 0 Å². The van der Waals surface area contributed by atoms with E-state index in [-0.39, 0.29) is 12.1 Å². The summed E-state index contributed by atoms with van der Waals surface area (Å²) in [6.07, 6.45) is 1.26. The number of carboxylic acids is 1. The molecule has 0 spiro atoms.